The second-order valence-corrected chi connectivity index (χ2v) is 2.30. The molecule has 0 spiro atoms. The summed E-state index contributed by atoms with van der Waals surface area (Å²) < 4.78 is 0. The predicted octanol–water partition coefficient (Wildman–Crippen LogP) is 0.607. The minimum atomic E-state index is -0.967. The van der Waals surface area contributed by atoms with Crippen molar-refractivity contribution in [1.29, 1.82) is 5.26 Å². The van der Waals surface area contributed by atoms with Gasteiger partial charge in [0.2, 0.25) is 0 Å². The molecule has 0 aromatic carbocycles. The van der Waals surface area contributed by atoms with Gasteiger partial charge in [-0.15, -0.1) is 0 Å². The minimum Gasteiger partial charge on any atom is -0.480 e. The first kappa shape index (κ1) is 9.79. The van der Waals surface area contributed by atoms with Gasteiger partial charge in [0, 0.05) is 13.2 Å². The van der Waals surface area contributed by atoms with Crippen LogP contribution in [0.5, 0.6) is 0 Å². The fourth-order valence-electron chi connectivity index (χ4n) is 0.481. The minimum absolute atomic E-state index is 0.0336. The zero-order valence-electron chi connectivity index (χ0n) is 5.91. The number of allylic oxidation sites excluding steroid dienone is 1. The number of aliphatic carboxylic acids is 1. The van der Waals surface area contributed by atoms with Gasteiger partial charge >= 0.3 is 5.97 Å². The molecule has 0 amide bonds. The van der Waals surface area contributed by atoms with Crippen molar-refractivity contribution in [2.45, 2.75) is 0 Å². The molecule has 0 aliphatic heterocycles. The summed E-state index contributed by atoms with van der Waals surface area (Å²) in [5, 5.41) is 16.4. The van der Waals surface area contributed by atoms with Gasteiger partial charge in [-0.1, -0.05) is 11.6 Å². The van der Waals surface area contributed by atoms with Crippen LogP contribution in [0.2, 0.25) is 0 Å². The summed E-state index contributed by atoms with van der Waals surface area (Å²) in [5.74, 6) is -0.967. The smallest absolute Gasteiger partial charge is 0.323 e. The van der Waals surface area contributed by atoms with Crippen LogP contribution in [0.3, 0.4) is 0 Å². The van der Waals surface area contributed by atoms with Crippen molar-refractivity contribution in [3.8, 4) is 6.07 Å². The number of nitriles is 1. The third-order valence-electron chi connectivity index (χ3n) is 0.825. The van der Waals surface area contributed by atoms with E-state index in [0.29, 0.717) is 0 Å². The van der Waals surface area contributed by atoms with Crippen LogP contribution in [-0.4, -0.2) is 29.6 Å². The Labute approximate surface area is 69.3 Å². The van der Waals surface area contributed by atoms with Crippen LogP contribution in [-0.2, 0) is 4.79 Å². The molecule has 5 heteroatoms. The van der Waals surface area contributed by atoms with Crippen LogP contribution in [0, 0.1) is 11.3 Å². The van der Waals surface area contributed by atoms with Gasteiger partial charge in [-0.3, -0.25) is 4.79 Å². The summed E-state index contributed by atoms with van der Waals surface area (Å²) in [6, 6.07) is 1.66. The number of likely N-dealkylation sites (N-methyl/N-ethyl adjacent to an activating group) is 1. The number of carboxylic acid groups (broad SMARTS) is 1. The van der Waals surface area contributed by atoms with E-state index in [1.54, 1.807) is 6.07 Å². The Kier molecular flexibility index (Phi) is 4.08. The average Bonchev–Trinajstić information content (AvgIpc) is 1.85. The van der Waals surface area contributed by atoms with Crippen LogP contribution in [0.15, 0.2) is 11.2 Å². The molecular weight excluding hydrogens is 168 g/mol. The quantitative estimate of drug-likeness (QED) is 0.637. The molecule has 0 rings (SSSR count). The van der Waals surface area contributed by atoms with Gasteiger partial charge in [0.05, 0.1) is 0 Å². The van der Waals surface area contributed by atoms with E-state index >= 15 is 0 Å². The Morgan fingerprint density at radius 3 is 2.82 bits per heavy atom. The van der Waals surface area contributed by atoms with E-state index < -0.39 is 5.97 Å². The third kappa shape index (κ3) is 5.25. The Hall–Kier alpha value is -1.21. The van der Waals surface area contributed by atoms with Crippen molar-refractivity contribution in [3.63, 3.8) is 0 Å². The zero-order valence-corrected chi connectivity index (χ0v) is 6.67. The van der Waals surface area contributed by atoms with E-state index in [1.165, 1.54) is 18.1 Å². The SMILES string of the molecule is CN(C=C(Cl)C#N)CC(=O)O. The van der Waals surface area contributed by atoms with Crippen LogP contribution in [0.1, 0.15) is 0 Å². The van der Waals surface area contributed by atoms with Crippen LogP contribution < -0.4 is 0 Å². The van der Waals surface area contributed by atoms with Gasteiger partial charge in [-0.25, -0.2) is 0 Å². The molecule has 1 N–H and O–H groups in total. The highest BCUT2D eigenvalue weighted by Crippen LogP contribution is 1.99. The highest BCUT2D eigenvalue weighted by atomic mass is 35.5. The van der Waals surface area contributed by atoms with Gasteiger partial charge in [0.25, 0.3) is 0 Å². The van der Waals surface area contributed by atoms with E-state index in [0.717, 1.165) is 0 Å². The normalized spacial score (nSPS) is 10.5. The topological polar surface area (TPSA) is 64.3 Å². The Morgan fingerprint density at radius 2 is 2.45 bits per heavy atom. The molecule has 0 aromatic rings. The maximum Gasteiger partial charge on any atom is 0.323 e. The Morgan fingerprint density at radius 1 is 1.91 bits per heavy atom. The van der Waals surface area contributed by atoms with Gasteiger partial charge in [-0.2, -0.15) is 5.26 Å². The molecule has 0 unspecified atom stereocenters. The summed E-state index contributed by atoms with van der Waals surface area (Å²) in [6.07, 6.45) is 1.26. The van der Waals surface area contributed by atoms with E-state index in [4.69, 9.17) is 22.0 Å². The monoisotopic (exact) mass is 174 g/mol. The predicted molar refractivity (Wildman–Crippen MR) is 39.8 cm³/mol. The number of halogens is 1. The van der Waals surface area contributed by atoms with Gasteiger partial charge < -0.3 is 10.0 Å². The maximum absolute atomic E-state index is 10.1. The lowest BCUT2D eigenvalue weighted by atomic mass is 10.5. The van der Waals surface area contributed by atoms with E-state index in [-0.39, 0.29) is 11.6 Å². The first-order valence-corrected chi connectivity index (χ1v) is 3.13. The molecule has 60 valence electrons. The molecular formula is C6H7ClN2O2. The number of nitrogens with zero attached hydrogens (tertiary/aromatic N) is 2. The van der Waals surface area contributed by atoms with Crippen molar-refractivity contribution < 1.29 is 9.90 Å². The first-order chi connectivity index (χ1) is 5.06. The Balaban J connectivity index is 3.98. The second-order valence-electron chi connectivity index (χ2n) is 1.90. The molecule has 0 aromatic heterocycles. The van der Waals surface area contributed by atoms with Crippen molar-refractivity contribution in [3.05, 3.63) is 11.2 Å². The number of carboxylic acids is 1. The third-order valence-corrected chi connectivity index (χ3v) is 1.01. The second kappa shape index (κ2) is 4.58. The molecule has 0 atom stereocenters. The fourth-order valence-corrected chi connectivity index (χ4v) is 0.648. The van der Waals surface area contributed by atoms with Crippen molar-refractivity contribution in [2.24, 2.45) is 0 Å². The van der Waals surface area contributed by atoms with E-state index in [1.807, 2.05) is 0 Å². The summed E-state index contributed by atoms with van der Waals surface area (Å²) >= 11 is 5.31. The lowest BCUT2D eigenvalue weighted by molar-refractivity contribution is -0.137. The number of hydrogen-bond acceptors (Lipinski definition) is 3. The van der Waals surface area contributed by atoms with E-state index in [2.05, 4.69) is 0 Å². The van der Waals surface area contributed by atoms with E-state index in [9.17, 15) is 4.79 Å². The lowest BCUT2D eigenvalue weighted by Crippen LogP contribution is -2.20. The van der Waals surface area contributed by atoms with Crippen molar-refractivity contribution >= 4 is 17.6 Å². The standard InChI is InChI=1S/C6H7ClN2O2/c1-9(4-6(10)11)3-5(7)2-8/h3H,4H2,1H3,(H,10,11). The van der Waals surface area contributed by atoms with Crippen LogP contribution >= 0.6 is 11.6 Å². The molecule has 0 bridgehead atoms. The highest BCUT2D eigenvalue weighted by molar-refractivity contribution is 6.31. The van der Waals surface area contributed by atoms with Gasteiger partial charge in [-0.05, 0) is 0 Å². The average molecular weight is 175 g/mol. The zero-order chi connectivity index (χ0) is 8.85. The van der Waals surface area contributed by atoms with Gasteiger partial charge in [0.1, 0.15) is 17.6 Å². The highest BCUT2D eigenvalue weighted by Gasteiger charge is 1.99. The molecule has 0 radical (unpaired) electrons. The summed E-state index contributed by atoms with van der Waals surface area (Å²) in [5.41, 5.74) is 0. The fraction of sp³-hybridized carbons (Fsp3) is 0.333. The molecule has 0 saturated carbocycles. The lowest BCUT2D eigenvalue weighted by Gasteiger charge is -2.08. The molecule has 0 aliphatic rings. The first-order valence-electron chi connectivity index (χ1n) is 2.75. The molecule has 0 heterocycles. The molecule has 0 saturated heterocycles. The van der Waals surface area contributed by atoms with Crippen molar-refractivity contribution in [2.75, 3.05) is 13.6 Å². The summed E-state index contributed by atoms with van der Waals surface area (Å²) in [7, 11) is 1.52. The Bertz CT molecular complexity index is 219. The summed E-state index contributed by atoms with van der Waals surface area (Å²) in [4.78, 5) is 11.4. The summed E-state index contributed by atoms with van der Waals surface area (Å²) in [6.45, 7) is -0.169. The molecule has 4 nitrogen and oxygen atoms in total. The van der Waals surface area contributed by atoms with Gasteiger partial charge in [0.15, 0.2) is 0 Å². The number of hydrogen-bond donors (Lipinski definition) is 1. The molecule has 0 fully saturated rings. The number of rotatable bonds is 3. The van der Waals surface area contributed by atoms with Crippen molar-refractivity contribution in [1.82, 2.24) is 4.90 Å². The molecule has 0 aliphatic carbocycles. The van der Waals surface area contributed by atoms with Crippen LogP contribution in [0.25, 0.3) is 0 Å². The maximum atomic E-state index is 10.1. The largest absolute Gasteiger partial charge is 0.480 e. The molecule has 11 heavy (non-hydrogen) atoms. The van der Waals surface area contributed by atoms with Crippen LogP contribution in [0.4, 0.5) is 0 Å². The number of carbonyl (C=O) groups is 1.